The summed E-state index contributed by atoms with van der Waals surface area (Å²) in [6.07, 6.45) is 0. The van der Waals surface area contributed by atoms with Gasteiger partial charge in [0.25, 0.3) is 0 Å². The molecule has 0 aliphatic heterocycles. The summed E-state index contributed by atoms with van der Waals surface area (Å²) in [6.45, 7) is 8.95. The van der Waals surface area contributed by atoms with E-state index in [4.69, 9.17) is 0 Å². The fourth-order valence-electron chi connectivity index (χ4n) is 0. The molecule has 0 amide bonds. The molecule has 0 fully saturated rings. The Morgan fingerprint density at radius 2 is 0.929 bits per heavy atom. The van der Waals surface area contributed by atoms with Crippen molar-refractivity contribution in [2.45, 2.75) is 13.8 Å². The van der Waals surface area contributed by atoms with Crippen molar-refractivity contribution in [2.75, 3.05) is 0 Å². The second-order valence-electron chi connectivity index (χ2n) is 2.14. The van der Waals surface area contributed by atoms with Crippen LogP contribution in [0.2, 0.25) is 0 Å². The van der Waals surface area contributed by atoms with Crippen molar-refractivity contribution in [3.63, 3.8) is 0 Å². The second-order valence-corrected chi connectivity index (χ2v) is 2.14. The van der Waals surface area contributed by atoms with Crippen molar-refractivity contribution >= 4 is 11.9 Å². The molecule has 0 saturated heterocycles. The number of hydrogen-bond acceptors (Lipinski definition) is 4. The van der Waals surface area contributed by atoms with E-state index < -0.39 is 11.9 Å². The Bertz CT molecular complexity index is 175. The van der Waals surface area contributed by atoms with Crippen LogP contribution in [-0.2, 0) is 54.3 Å². The molecule has 0 atom stereocenters. The third-order valence-electron chi connectivity index (χ3n) is 0.697. The van der Waals surface area contributed by atoms with E-state index in [1.54, 1.807) is 0 Å². The zero-order valence-electron chi connectivity index (χ0n) is 7.65. The zero-order valence-corrected chi connectivity index (χ0v) is 10.6. The first-order valence-corrected chi connectivity index (χ1v) is 3.02. The summed E-state index contributed by atoms with van der Waals surface area (Å²) < 4.78 is 0. The zero-order chi connectivity index (χ0) is 10.3. The molecule has 0 radical (unpaired) electrons. The van der Waals surface area contributed by atoms with Gasteiger partial charge in [0, 0.05) is 0 Å². The van der Waals surface area contributed by atoms with E-state index in [1.165, 1.54) is 13.8 Å². The number of rotatable bonds is 2. The first kappa shape index (κ1) is 23.6. The summed E-state index contributed by atoms with van der Waals surface area (Å²) in [5.41, 5.74) is 0.130. The van der Waals surface area contributed by atoms with Gasteiger partial charge in [-0.2, -0.15) is 0 Å². The summed E-state index contributed by atoms with van der Waals surface area (Å²) in [5.74, 6) is -2.37. The molecule has 0 bridgehead atoms. The molecule has 0 aliphatic rings. The Morgan fingerprint density at radius 1 is 0.857 bits per heavy atom. The van der Waals surface area contributed by atoms with E-state index >= 15 is 0 Å². The van der Waals surface area contributed by atoms with Gasteiger partial charge in [-0.15, -0.1) is 0 Å². The van der Waals surface area contributed by atoms with Gasteiger partial charge in [-0.3, -0.25) is 0 Å². The minimum Gasteiger partial charge on any atom is -0.545 e. The summed E-state index contributed by atoms with van der Waals surface area (Å²) >= 11 is 0. The first-order chi connectivity index (χ1) is 5.29. The molecule has 0 spiro atoms. The summed E-state index contributed by atoms with van der Waals surface area (Å²) in [4.78, 5) is 19.0. The molecule has 0 aromatic heterocycles. The monoisotopic (exact) mass is 384 g/mol. The predicted molar refractivity (Wildman–Crippen MR) is 39.6 cm³/mol. The van der Waals surface area contributed by atoms with Crippen molar-refractivity contribution in [1.29, 1.82) is 0 Å². The van der Waals surface area contributed by atoms with E-state index in [-0.39, 0.29) is 55.9 Å². The summed E-state index contributed by atoms with van der Waals surface area (Å²) in [5, 5.41) is 19.0. The van der Waals surface area contributed by atoms with Gasteiger partial charge >= 0.3 is 44.8 Å². The Hall–Kier alpha value is -0.0995. The molecule has 6 heteroatoms. The first-order valence-electron chi connectivity index (χ1n) is 3.02. The Kier molecular flexibility index (Phi) is 21.7. The van der Waals surface area contributed by atoms with Crippen LogP contribution in [0.3, 0.4) is 0 Å². The van der Waals surface area contributed by atoms with Crippen LogP contribution in [0.25, 0.3) is 0 Å². The number of carboxylic acid groups (broad SMARTS) is 2. The van der Waals surface area contributed by atoms with E-state index in [0.29, 0.717) is 0 Å². The Labute approximate surface area is 114 Å². The van der Waals surface area contributed by atoms with Crippen LogP contribution in [-0.4, -0.2) is 11.9 Å². The van der Waals surface area contributed by atoms with Crippen LogP contribution in [0.5, 0.6) is 0 Å². The normalized spacial score (nSPS) is 6.43. The molecule has 0 N–H and O–H groups in total. The average molecular weight is 386 g/mol. The maximum atomic E-state index is 9.49. The quantitative estimate of drug-likeness (QED) is 0.433. The third kappa shape index (κ3) is 22.7. The van der Waals surface area contributed by atoms with Crippen molar-refractivity contribution in [3.05, 3.63) is 24.3 Å². The summed E-state index contributed by atoms with van der Waals surface area (Å²) in [6, 6.07) is 0. The average Bonchev–Trinajstić information content (AvgIpc) is 1.88. The molecular formula is C8H10Ag2O4. The SMILES string of the molecule is C=C(C)C(=O)[O-].C=C(C)C(=O)[O-].[Ag+].[Ag+]. The van der Waals surface area contributed by atoms with Crippen LogP contribution in [0.1, 0.15) is 13.8 Å². The molecule has 0 aromatic carbocycles. The van der Waals surface area contributed by atoms with Crippen LogP contribution in [0, 0.1) is 0 Å². The van der Waals surface area contributed by atoms with Crippen molar-refractivity contribution in [1.82, 2.24) is 0 Å². The van der Waals surface area contributed by atoms with E-state index in [9.17, 15) is 19.8 Å². The van der Waals surface area contributed by atoms with E-state index in [2.05, 4.69) is 13.2 Å². The fourth-order valence-corrected chi connectivity index (χ4v) is 0. The maximum Gasteiger partial charge on any atom is 1.00 e. The molecule has 0 unspecified atom stereocenters. The predicted octanol–water partition coefficient (Wildman–Crippen LogP) is -1.38. The largest absolute Gasteiger partial charge is 1.00 e. The third-order valence-corrected chi connectivity index (χ3v) is 0.697. The van der Waals surface area contributed by atoms with Gasteiger partial charge in [0.1, 0.15) is 0 Å². The van der Waals surface area contributed by atoms with Crippen molar-refractivity contribution in [3.8, 4) is 0 Å². The molecule has 0 saturated carbocycles. The number of carbonyl (C=O) groups is 2. The minimum atomic E-state index is -1.19. The Balaban J connectivity index is -0.0000000625. The smallest absolute Gasteiger partial charge is 0.545 e. The van der Waals surface area contributed by atoms with Gasteiger partial charge in [0.15, 0.2) is 0 Å². The van der Waals surface area contributed by atoms with Crippen LogP contribution in [0.15, 0.2) is 24.3 Å². The van der Waals surface area contributed by atoms with Crippen molar-refractivity contribution < 1.29 is 64.6 Å². The van der Waals surface area contributed by atoms with Gasteiger partial charge in [-0.1, -0.05) is 13.2 Å². The van der Waals surface area contributed by atoms with Crippen LogP contribution in [0.4, 0.5) is 0 Å². The number of carbonyl (C=O) groups excluding carboxylic acids is 2. The van der Waals surface area contributed by atoms with Gasteiger partial charge in [-0.25, -0.2) is 0 Å². The van der Waals surface area contributed by atoms with Crippen LogP contribution < -0.4 is 10.2 Å². The summed E-state index contributed by atoms with van der Waals surface area (Å²) in [7, 11) is 0. The van der Waals surface area contributed by atoms with E-state index in [1.807, 2.05) is 0 Å². The molecule has 0 aromatic rings. The van der Waals surface area contributed by atoms with Crippen LogP contribution >= 0.6 is 0 Å². The molecule has 88 valence electrons. The standard InChI is InChI=1S/2C4H6O2.2Ag/c2*1-3(2)4(5)6;;/h2*1H2,2H3,(H,5,6);;/q;;2*+1/p-2. The molecule has 14 heavy (non-hydrogen) atoms. The molecule has 0 heterocycles. The second kappa shape index (κ2) is 12.9. The number of hydrogen-bond donors (Lipinski definition) is 0. The van der Waals surface area contributed by atoms with Gasteiger partial charge < -0.3 is 19.8 Å². The molecule has 4 nitrogen and oxygen atoms in total. The Morgan fingerprint density at radius 3 is 0.929 bits per heavy atom. The maximum absolute atomic E-state index is 9.49. The number of carboxylic acids is 2. The topological polar surface area (TPSA) is 80.3 Å². The molecular weight excluding hydrogens is 376 g/mol. The van der Waals surface area contributed by atoms with Gasteiger partial charge in [-0.05, 0) is 25.0 Å². The molecule has 0 rings (SSSR count). The fraction of sp³-hybridized carbons (Fsp3) is 0.250. The number of aliphatic carboxylic acids is 2. The molecule has 0 aliphatic carbocycles. The van der Waals surface area contributed by atoms with Crippen molar-refractivity contribution in [2.24, 2.45) is 0 Å². The van der Waals surface area contributed by atoms with E-state index in [0.717, 1.165) is 0 Å². The van der Waals surface area contributed by atoms with Gasteiger partial charge in [0.2, 0.25) is 0 Å². The minimum absolute atomic E-state index is 0. The van der Waals surface area contributed by atoms with Gasteiger partial charge in [0.05, 0.1) is 11.9 Å².